The van der Waals surface area contributed by atoms with Crippen molar-refractivity contribution in [2.45, 2.75) is 57.0 Å². The highest BCUT2D eigenvalue weighted by Crippen LogP contribution is 2.27. The van der Waals surface area contributed by atoms with Crippen LogP contribution in [0.25, 0.3) is 0 Å². The molecule has 2 atom stereocenters. The number of nitrogens with one attached hydrogen (secondary N) is 3. The number of aromatic nitrogens is 3. The van der Waals surface area contributed by atoms with Crippen molar-refractivity contribution < 1.29 is 14.7 Å². The van der Waals surface area contributed by atoms with Gasteiger partial charge in [-0.2, -0.15) is 0 Å². The number of carboxylic acid groups (broad SMARTS) is 1. The zero-order chi connectivity index (χ0) is 21.1. The third kappa shape index (κ3) is 4.42. The zero-order valence-corrected chi connectivity index (χ0v) is 16.5. The number of anilines is 3. The molecule has 1 saturated carbocycles. The molecule has 158 valence electrons. The summed E-state index contributed by atoms with van der Waals surface area (Å²) in [6, 6.07) is 5.24. The molecule has 2 amide bonds. The molecule has 0 saturated heterocycles. The standard InChI is InChI=1S/C20H25N7O3/c21-19(28)18-15(24-16-9-8-11-4-3-7-12(11)22-16)10-17(26-27-18)23-13-5-1-2-6-14(13)25-20(29)30/h8-10,13-14,25H,1-7H2,(H2,21,28)(H,29,30)(H2,22,23,24,26)/t13-,14+/m1/s1. The van der Waals surface area contributed by atoms with Gasteiger partial charge in [0.15, 0.2) is 11.5 Å². The molecule has 0 spiro atoms. The van der Waals surface area contributed by atoms with Gasteiger partial charge in [0.25, 0.3) is 5.91 Å². The number of fused-ring (bicyclic) bond motifs is 1. The van der Waals surface area contributed by atoms with E-state index in [4.69, 9.17) is 10.8 Å². The Bertz CT molecular complexity index is 965. The van der Waals surface area contributed by atoms with Gasteiger partial charge in [0.2, 0.25) is 0 Å². The van der Waals surface area contributed by atoms with Gasteiger partial charge in [0.05, 0.1) is 11.7 Å². The highest BCUT2D eigenvalue weighted by molar-refractivity contribution is 5.97. The smallest absolute Gasteiger partial charge is 0.404 e. The van der Waals surface area contributed by atoms with Crippen molar-refractivity contribution in [2.75, 3.05) is 10.6 Å². The second-order valence-corrected chi connectivity index (χ2v) is 7.73. The molecule has 2 heterocycles. The number of amides is 2. The Balaban J connectivity index is 1.56. The second kappa shape index (κ2) is 8.52. The van der Waals surface area contributed by atoms with Gasteiger partial charge < -0.3 is 26.8 Å². The average molecular weight is 411 g/mol. The third-order valence-electron chi connectivity index (χ3n) is 5.63. The van der Waals surface area contributed by atoms with E-state index in [9.17, 15) is 9.59 Å². The first-order valence-corrected chi connectivity index (χ1v) is 10.2. The van der Waals surface area contributed by atoms with Gasteiger partial charge in [-0.3, -0.25) is 4.79 Å². The minimum Gasteiger partial charge on any atom is -0.465 e. The summed E-state index contributed by atoms with van der Waals surface area (Å²) in [4.78, 5) is 27.6. The Morgan fingerprint density at radius 3 is 2.60 bits per heavy atom. The van der Waals surface area contributed by atoms with Gasteiger partial charge in [-0.1, -0.05) is 18.9 Å². The van der Waals surface area contributed by atoms with E-state index in [0.29, 0.717) is 17.3 Å². The number of carbonyl (C=O) groups is 2. The van der Waals surface area contributed by atoms with Gasteiger partial charge in [-0.15, -0.1) is 10.2 Å². The molecule has 2 aromatic heterocycles. The maximum atomic E-state index is 11.8. The fraction of sp³-hybridized carbons (Fsp3) is 0.450. The normalized spacial score (nSPS) is 20.3. The van der Waals surface area contributed by atoms with E-state index in [1.807, 2.05) is 12.1 Å². The fourth-order valence-corrected chi connectivity index (χ4v) is 4.19. The van der Waals surface area contributed by atoms with Crippen LogP contribution in [0.5, 0.6) is 0 Å². The number of hydrogen-bond acceptors (Lipinski definition) is 7. The topological polar surface area (TPSA) is 155 Å². The Hall–Kier alpha value is -3.43. The summed E-state index contributed by atoms with van der Waals surface area (Å²) in [5.74, 6) is 0.355. The molecule has 0 aromatic carbocycles. The number of rotatable bonds is 6. The lowest BCUT2D eigenvalue weighted by Crippen LogP contribution is -2.48. The van der Waals surface area contributed by atoms with Gasteiger partial charge in [-0.05, 0) is 43.7 Å². The second-order valence-electron chi connectivity index (χ2n) is 7.73. The van der Waals surface area contributed by atoms with Crippen molar-refractivity contribution in [1.82, 2.24) is 20.5 Å². The number of carbonyl (C=O) groups excluding carboxylic acids is 1. The Morgan fingerprint density at radius 2 is 1.83 bits per heavy atom. The van der Waals surface area contributed by atoms with E-state index in [1.165, 1.54) is 5.56 Å². The van der Waals surface area contributed by atoms with E-state index in [2.05, 4.69) is 31.1 Å². The number of nitrogens with two attached hydrogens (primary N) is 1. The minimum absolute atomic E-state index is 0.0201. The SMILES string of the molecule is NC(=O)c1nnc(N[C@@H]2CCCC[C@@H]2NC(=O)O)cc1Nc1ccc2c(n1)CCC2. The molecule has 6 N–H and O–H groups in total. The molecular formula is C20H25N7O3. The Morgan fingerprint density at radius 1 is 1.03 bits per heavy atom. The van der Waals surface area contributed by atoms with E-state index in [0.717, 1.165) is 50.6 Å². The molecule has 1 fully saturated rings. The van der Waals surface area contributed by atoms with Crippen LogP contribution in [0.1, 0.15) is 53.8 Å². The molecule has 0 unspecified atom stereocenters. The van der Waals surface area contributed by atoms with E-state index in [-0.39, 0.29) is 17.8 Å². The number of hydrogen-bond donors (Lipinski definition) is 5. The number of pyridine rings is 1. The molecule has 2 aliphatic carbocycles. The summed E-state index contributed by atoms with van der Waals surface area (Å²) in [7, 11) is 0. The van der Waals surface area contributed by atoms with E-state index < -0.39 is 12.0 Å². The van der Waals surface area contributed by atoms with Crippen molar-refractivity contribution >= 4 is 29.3 Å². The number of nitrogens with zero attached hydrogens (tertiary/aromatic N) is 3. The van der Waals surface area contributed by atoms with Crippen molar-refractivity contribution in [2.24, 2.45) is 5.73 Å². The largest absolute Gasteiger partial charge is 0.465 e. The molecule has 4 rings (SSSR count). The van der Waals surface area contributed by atoms with Crippen LogP contribution in [0, 0.1) is 0 Å². The van der Waals surface area contributed by atoms with E-state index in [1.54, 1.807) is 6.07 Å². The van der Waals surface area contributed by atoms with E-state index >= 15 is 0 Å². The van der Waals surface area contributed by atoms with Crippen LogP contribution in [0.15, 0.2) is 18.2 Å². The third-order valence-corrected chi connectivity index (χ3v) is 5.63. The Labute approximate surface area is 173 Å². The maximum Gasteiger partial charge on any atom is 0.404 e. The molecule has 0 radical (unpaired) electrons. The summed E-state index contributed by atoms with van der Waals surface area (Å²) in [5, 5.41) is 26.1. The molecule has 0 aliphatic heterocycles. The van der Waals surface area contributed by atoms with Crippen LogP contribution in [0.4, 0.5) is 22.1 Å². The summed E-state index contributed by atoms with van der Waals surface area (Å²) in [6.45, 7) is 0. The summed E-state index contributed by atoms with van der Waals surface area (Å²) in [5.41, 5.74) is 8.21. The maximum absolute atomic E-state index is 11.8. The Kier molecular flexibility index (Phi) is 5.64. The van der Waals surface area contributed by atoms with Gasteiger partial charge in [-0.25, -0.2) is 9.78 Å². The van der Waals surface area contributed by atoms with Gasteiger partial charge in [0, 0.05) is 17.8 Å². The fourth-order valence-electron chi connectivity index (χ4n) is 4.19. The molecule has 30 heavy (non-hydrogen) atoms. The van der Waals surface area contributed by atoms with Gasteiger partial charge >= 0.3 is 6.09 Å². The summed E-state index contributed by atoms with van der Waals surface area (Å²) in [6.07, 6.45) is 5.53. The first-order valence-electron chi connectivity index (χ1n) is 10.2. The first-order chi connectivity index (χ1) is 14.5. The monoisotopic (exact) mass is 411 g/mol. The molecule has 2 aromatic rings. The average Bonchev–Trinajstić information content (AvgIpc) is 3.17. The van der Waals surface area contributed by atoms with Crippen LogP contribution in [0.3, 0.4) is 0 Å². The lowest BCUT2D eigenvalue weighted by Gasteiger charge is -2.32. The summed E-state index contributed by atoms with van der Waals surface area (Å²) >= 11 is 0. The molecule has 10 heteroatoms. The van der Waals surface area contributed by atoms with Crippen LogP contribution in [-0.2, 0) is 12.8 Å². The molecular weight excluding hydrogens is 386 g/mol. The van der Waals surface area contributed by atoms with Crippen molar-refractivity contribution in [3.8, 4) is 0 Å². The van der Waals surface area contributed by atoms with Crippen molar-refractivity contribution in [1.29, 1.82) is 0 Å². The van der Waals surface area contributed by atoms with Crippen LogP contribution >= 0.6 is 0 Å². The summed E-state index contributed by atoms with van der Waals surface area (Å²) < 4.78 is 0. The minimum atomic E-state index is -1.05. The molecule has 10 nitrogen and oxygen atoms in total. The van der Waals surface area contributed by atoms with Crippen molar-refractivity contribution in [3.05, 3.63) is 35.2 Å². The highest BCUT2D eigenvalue weighted by Gasteiger charge is 2.27. The lowest BCUT2D eigenvalue weighted by molar-refractivity contribution is 0.0995. The van der Waals surface area contributed by atoms with Crippen LogP contribution in [-0.4, -0.2) is 44.4 Å². The predicted octanol–water partition coefficient (Wildman–Crippen LogP) is 2.19. The van der Waals surface area contributed by atoms with Gasteiger partial charge in [0.1, 0.15) is 5.82 Å². The lowest BCUT2D eigenvalue weighted by atomic mass is 9.90. The first kappa shape index (κ1) is 19.9. The number of aryl methyl sites for hydroxylation is 2. The quantitative estimate of drug-likeness (QED) is 0.484. The van der Waals surface area contributed by atoms with Crippen LogP contribution in [0.2, 0.25) is 0 Å². The predicted molar refractivity (Wildman–Crippen MR) is 111 cm³/mol. The van der Waals surface area contributed by atoms with Crippen molar-refractivity contribution in [3.63, 3.8) is 0 Å². The highest BCUT2D eigenvalue weighted by atomic mass is 16.4. The number of primary amides is 1. The van der Waals surface area contributed by atoms with Crippen LogP contribution < -0.4 is 21.7 Å². The molecule has 2 aliphatic rings. The zero-order valence-electron chi connectivity index (χ0n) is 16.5. The molecule has 0 bridgehead atoms.